The number of nitrogens with zero attached hydrogens (tertiary/aromatic N) is 5. The van der Waals surface area contributed by atoms with Gasteiger partial charge in [0.15, 0.2) is 11.6 Å². The molecule has 2 aromatic heterocycles. The van der Waals surface area contributed by atoms with E-state index in [-0.39, 0.29) is 0 Å². The number of nitrogens with two attached hydrogens (primary N) is 1. The van der Waals surface area contributed by atoms with Gasteiger partial charge >= 0.3 is 0 Å². The van der Waals surface area contributed by atoms with Crippen molar-refractivity contribution in [3.05, 3.63) is 36.2 Å². The maximum absolute atomic E-state index is 5.87. The molecule has 0 aliphatic heterocycles. The Morgan fingerprint density at radius 3 is 2.75 bits per heavy atom. The van der Waals surface area contributed by atoms with Crippen LogP contribution in [0.1, 0.15) is 25.5 Å². The Morgan fingerprint density at radius 2 is 2.00 bits per heavy atom. The predicted octanol–water partition coefficient (Wildman–Crippen LogP) is 1.92. The normalized spacial score (nSPS) is 11.1. The number of hydrogen-bond donors (Lipinski definition) is 1. The molecule has 3 rings (SSSR count). The first-order valence-electron chi connectivity index (χ1n) is 6.68. The molecular formula is C14H16N6. The summed E-state index contributed by atoms with van der Waals surface area (Å²) < 4.78 is 1.79. The van der Waals surface area contributed by atoms with Crippen LogP contribution in [0.25, 0.3) is 16.7 Å². The summed E-state index contributed by atoms with van der Waals surface area (Å²) in [5, 5.41) is 5.41. The Bertz CT molecular complexity index is 761. The van der Waals surface area contributed by atoms with Gasteiger partial charge in [-0.05, 0) is 18.2 Å². The zero-order chi connectivity index (χ0) is 14.1. The zero-order valence-corrected chi connectivity index (χ0v) is 11.5. The van der Waals surface area contributed by atoms with E-state index >= 15 is 0 Å². The summed E-state index contributed by atoms with van der Waals surface area (Å²) in [5.41, 5.74) is 7.40. The third-order valence-electron chi connectivity index (χ3n) is 3.19. The van der Waals surface area contributed by atoms with Gasteiger partial charge < -0.3 is 5.73 Å². The van der Waals surface area contributed by atoms with Crippen molar-refractivity contribution < 1.29 is 0 Å². The first-order valence-corrected chi connectivity index (χ1v) is 6.68. The van der Waals surface area contributed by atoms with E-state index in [0.29, 0.717) is 5.69 Å². The average molecular weight is 268 g/mol. The molecule has 0 atom stereocenters. The van der Waals surface area contributed by atoms with Crippen LogP contribution in [-0.2, 0) is 12.8 Å². The summed E-state index contributed by atoms with van der Waals surface area (Å²) in [7, 11) is 0. The highest BCUT2D eigenvalue weighted by Crippen LogP contribution is 2.21. The van der Waals surface area contributed by atoms with Gasteiger partial charge in [0.25, 0.3) is 0 Å². The minimum absolute atomic E-state index is 0.683. The summed E-state index contributed by atoms with van der Waals surface area (Å²) >= 11 is 0. The third kappa shape index (κ3) is 1.99. The molecule has 1 aromatic carbocycles. The average Bonchev–Trinajstić information content (AvgIpc) is 2.89. The quantitative estimate of drug-likeness (QED) is 0.734. The minimum Gasteiger partial charge on any atom is -0.399 e. The molecule has 0 aliphatic carbocycles. The van der Waals surface area contributed by atoms with E-state index in [1.54, 1.807) is 11.0 Å². The van der Waals surface area contributed by atoms with Crippen LogP contribution < -0.4 is 5.73 Å². The van der Waals surface area contributed by atoms with Gasteiger partial charge in [-0.1, -0.05) is 13.8 Å². The van der Waals surface area contributed by atoms with E-state index in [4.69, 9.17) is 5.73 Å². The maximum Gasteiger partial charge on any atom is 0.166 e. The molecular weight excluding hydrogens is 252 g/mol. The molecule has 0 unspecified atom stereocenters. The van der Waals surface area contributed by atoms with E-state index in [2.05, 4.69) is 27.0 Å². The number of fused-ring (bicyclic) bond motifs is 1. The highest BCUT2D eigenvalue weighted by atomic mass is 15.4. The van der Waals surface area contributed by atoms with Crippen LogP contribution in [0.4, 0.5) is 5.69 Å². The van der Waals surface area contributed by atoms with E-state index in [0.717, 1.165) is 41.2 Å². The van der Waals surface area contributed by atoms with Gasteiger partial charge in [-0.2, -0.15) is 4.68 Å². The number of benzene rings is 1. The first kappa shape index (κ1) is 12.5. The number of anilines is 1. The summed E-state index contributed by atoms with van der Waals surface area (Å²) in [6, 6.07) is 5.59. The molecule has 0 saturated carbocycles. The minimum atomic E-state index is 0.683. The molecule has 0 fully saturated rings. The van der Waals surface area contributed by atoms with Crippen molar-refractivity contribution in [2.24, 2.45) is 0 Å². The second-order valence-corrected chi connectivity index (χ2v) is 4.54. The van der Waals surface area contributed by atoms with Crippen LogP contribution in [0, 0.1) is 0 Å². The number of aromatic nitrogens is 5. The lowest BCUT2D eigenvalue weighted by molar-refractivity contribution is 0.773. The summed E-state index contributed by atoms with van der Waals surface area (Å²) in [4.78, 5) is 13.1. The molecule has 2 heterocycles. The van der Waals surface area contributed by atoms with Gasteiger partial charge in [-0.15, -0.1) is 5.10 Å². The monoisotopic (exact) mass is 268 g/mol. The zero-order valence-electron chi connectivity index (χ0n) is 11.5. The lowest BCUT2D eigenvalue weighted by atomic mass is 10.2. The van der Waals surface area contributed by atoms with Gasteiger partial charge in [0.2, 0.25) is 0 Å². The van der Waals surface area contributed by atoms with Gasteiger partial charge in [0.05, 0.1) is 5.52 Å². The highest BCUT2D eigenvalue weighted by molar-refractivity contribution is 5.87. The van der Waals surface area contributed by atoms with Crippen molar-refractivity contribution in [1.29, 1.82) is 0 Å². The Labute approximate surface area is 116 Å². The van der Waals surface area contributed by atoms with Gasteiger partial charge in [0, 0.05) is 23.9 Å². The van der Waals surface area contributed by atoms with Crippen molar-refractivity contribution in [1.82, 2.24) is 24.7 Å². The SMILES string of the molecule is CCc1nc(CC)n(-c2ncnc3ccc(N)cc23)n1. The number of aryl methyl sites for hydroxylation is 2. The topological polar surface area (TPSA) is 82.5 Å². The Hall–Kier alpha value is -2.50. The first-order chi connectivity index (χ1) is 9.72. The van der Waals surface area contributed by atoms with Gasteiger partial charge in [-0.3, -0.25) is 0 Å². The van der Waals surface area contributed by atoms with Gasteiger partial charge in [0.1, 0.15) is 12.2 Å². The molecule has 102 valence electrons. The molecule has 2 N–H and O–H groups in total. The molecule has 6 heteroatoms. The predicted molar refractivity (Wildman–Crippen MR) is 77.6 cm³/mol. The van der Waals surface area contributed by atoms with E-state index in [1.807, 2.05) is 25.1 Å². The number of rotatable bonds is 3. The van der Waals surface area contributed by atoms with Crippen LogP contribution >= 0.6 is 0 Å². The molecule has 6 nitrogen and oxygen atoms in total. The lowest BCUT2D eigenvalue weighted by Gasteiger charge is -2.07. The third-order valence-corrected chi connectivity index (χ3v) is 3.19. The number of nitrogen functional groups attached to an aromatic ring is 1. The Balaban J connectivity index is 2.28. The van der Waals surface area contributed by atoms with Crippen molar-refractivity contribution in [3.63, 3.8) is 0 Å². The lowest BCUT2D eigenvalue weighted by Crippen LogP contribution is -2.06. The van der Waals surface area contributed by atoms with Gasteiger partial charge in [-0.25, -0.2) is 15.0 Å². The maximum atomic E-state index is 5.87. The smallest absolute Gasteiger partial charge is 0.166 e. The van der Waals surface area contributed by atoms with Crippen LogP contribution in [-0.4, -0.2) is 24.7 Å². The molecule has 0 saturated heterocycles. The van der Waals surface area contributed by atoms with E-state index < -0.39 is 0 Å². The molecule has 0 bridgehead atoms. The van der Waals surface area contributed by atoms with Crippen molar-refractivity contribution in [3.8, 4) is 5.82 Å². The Kier molecular flexibility index (Phi) is 3.06. The van der Waals surface area contributed by atoms with Crippen LogP contribution in [0.5, 0.6) is 0 Å². The standard InChI is InChI=1S/C14H16N6/c1-3-12-18-13(4-2)20(19-12)14-10-7-9(15)5-6-11(10)16-8-17-14/h5-8H,3-4,15H2,1-2H3. The van der Waals surface area contributed by atoms with Crippen molar-refractivity contribution >= 4 is 16.6 Å². The molecule has 0 spiro atoms. The summed E-state index contributed by atoms with van der Waals surface area (Å²) in [6.07, 6.45) is 3.13. The second kappa shape index (κ2) is 4.88. The molecule has 0 radical (unpaired) electrons. The van der Waals surface area contributed by atoms with Crippen LogP contribution in [0.15, 0.2) is 24.5 Å². The second-order valence-electron chi connectivity index (χ2n) is 4.54. The largest absolute Gasteiger partial charge is 0.399 e. The van der Waals surface area contributed by atoms with Crippen LogP contribution in [0.2, 0.25) is 0 Å². The van der Waals surface area contributed by atoms with Crippen molar-refractivity contribution in [2.45, 2.75) is 26.7 Å². The molecule has 3 aromatic rings. The van der Waals surface area contributed by atoms with E-state index in [9.17, 15) is 0 Å². The van der Waals surface area contributed by atoms with E-state index in [1.165, 1.54) is 0 Å². The number of hydrogen-bond acceptors (Lipinski definition) is 5. The fourth-order valence-electron chi connectivity index (χ4n) is 2.17. The highest BCUT2D eigenvalue weighted by Gasteiger charge is 2.13. The summed E-state index contributed by atoms with van der Waals surface area (Å²) in [5.74, 6) is 2.44. The fraction of sp³-hybridized carbons (Fsp3) is 0.286. The van der Waals surface area contributed by atoms with Crippen LogP contribution in [0.3, 0.4) is 0 Å². The molecule has 20 heavy (non-hydrogen) atoms. The summed E-state index contributed by atoms with van der Waals surface area (Å²) in [6.45, 7) is 4.09. The molecule has 0 aliphatic rings. The van der Waals surface area contributed by atoms with Crippen molar-refractivity contribution in [2.75, 3.05) is 5.73 Å². The Morgan fingerprint density at radius 1 is 1.15 bits per heavy atom. The molecule has 0 amide bonds. The fourth-order valence-corrected chi connectivity index (χ4v) is 2.17.